The van der Waals surface area contributed by atoms with E-state index >= 15 is 0 Å². The van der Waals surface area contributed by atoms with Crippen molar-refractivity contribution in [2.24, 2.45) is 0 Å². The van der Waals surface area contributed by atoms with E-state index in [2.05, 4.69) is 179 Å². The summed E-state index contributed by atoms with van der Waals surface area (Å²) in [6.45, 7) is 6.22. The first kappa shape index (κ1) is 65.8. The molecule has 0 amide bonds. The fourth-order valence-corrected chi connectivity index (χ4v) is 6.64. The number of rotatable bonds is 47. The second-order valence-electron chi connectivity index (χ2n) is 17.4. The summed E-state index contributed by atoms with van der Waals surface area (Å²) in [4.78, 5) is 38.1. The topological polar surface area (TPSA) is 78.9 Å². The number of hydrogen-bond acceptors (Lipinski definition) is 6. The zero-order chi connectivity index (χ0) is 51.4. The zero-order valence-electron chi connectivity index (χ0n) is 44.9. The molecular weight excluding hydrogens is 877 g/mol. The molecule has 0 spiro atoms. The molecule has 0 aromatic heterocycles. The maximum Gasteiger partial charge on any atom is 0.306 e. The number of unbranched alkanes of at least 4 members (excludes halogenated alkanes) is 8. The van der Waals surface area contributed by atoms with E-state index in [1.165, 1.54) is 38.5 Å². The van der Waals surface area contributed by atoms with Gasteiger partial charge in [-0.05, 0) is 128 Å². The molecule has 394 valence electrons. The van der Waals surface area contributed by atoms with E-state index in [-0.39, 0.29) is 38.4 Å². The predicted molar refractivity (Wildman–Crippen MR) is 306 cm³/mol. The van der Waals surface area contributed by atoms with Crippen LogP contribution in [-0.4, -0.2) is 37.2 Å². The average Bonchev–Trinajstić information content (AvgIpc) is 3.37. The van der Waals surface area contributed by atoms with Crippen LogP contribution in [0.1, 0.15) is 201 Å². The summed E-state index contributed by atoms with van der Waals surface area (Å²) in [5.74, 6) is -1.16. The van der Waals surface area contributed by atoms with Crippen LogP contribution in [0.25, 0.3) is 0 Å². The maximum absolute atomic E-state index is 12.8. The highest BCUT2D eigenvalue weighted by atomic mass is 16.6. The Kier molecular flexibility index (Phi) is 53.1. The van der Waals surface area contributed by atoms with Crippen molar-refractivity contribution in [2.45, 2.75) is 207 Å². The number of hydrogen-bond donors (Lipinski definition) is 0. The van der Waals surface area contributed by atoms with Gasteiger partial charge in [-0.25, -0.2) is 0 Å². The Morgan fingerprint density at radius 2 is 0.577 bits per heavy atom. The van der Waals surface area contributed by atoms with Gasteiger partial charge in [0, 0.05) is 19.3 Å². The molecule has 6 nitrogen and oxygen atoms in total. The van der Waals surface area contributed by atoms with E-state index in [0.29, 0.717) is 19.3 Å². The largest absolute Gasteiger partial charge is 0.462 e. The Bertz CT molecular complexity index is 1690. The van der Waals surface area contributed by atoms with Gasteiger partial charge in [0.2, 0.25) is 0 Å². The van der Waals surface area contributed by atoms with Crippen molar-refractivity contribution in [3.05, 3.63) is 170 Å². The lowest BCUT2D eigenvalue weighted by Crippen LogP contribution is -2.30. The third-order valence-electron chi connectivity index (χ3n) is 10.7. The summed E-state index contributed by atoms with van der Waals surface area (Å²) < 4.78 is 16.7. The van der Waals surface area contributed by atoms with E-state index in [1.54, 1.807) is 0 Å². The van der Waals surface area contributed by atoms with Crippen LogP contribution in [0, 0.1) is 0 Å². The normalized spacial score (nSPS) is 13.5. The van der Waals surface area contributed by atoms with Crippen molar-refractivity contribution >= 4 is 17.9 Å². The summed E-state index contributed by atoms with van der Waals surface area (Å²) >= 11 is 0. The molecule has 0 heterocycles. The Morgan fingerprint density at radius 1 is 0.296 bits per heavy atom. The number of carbonyl (C=O) groups is 3. The number of allylic oxidation sites excluding steroid dienone is 28. The van der Waals surface area contributed by atoms with Crippen molar-refractivity contribution in [1.82, 2.24) is 0 Å². The van der Waals surface area contributed by atoms with Gasteiger partial charge >= 0.3 is 17.9 Å². The zero-order valence-corrected chi connectivity index (χ0v) is 44.9. The minimum atomic E-state index is -0.868. The molecule has 0 bridgehead atoms. The van der Waals surface area contributed by atoms with Gasteiger partial charge in [0.05, 0.1) is 0 Å². The molecular formula is C65H98O6. The van der Waals surface area contributed by atoms with Gasteiger partial charge in [-0.1, -0.05) is 223 Å². The molecule has 1 atom stereocenters. The second kappa shape index (κ2) is 57.3. The van der Waals surface area contributed by atoms with Crippen LogP contribution in [0.2, 0.25) is 0 Å². The highest BCUT2D eigenvalue weighted by Gasteiger charge is 2.19. The summed E-state index contributed by atoms with van der Waals surface area (Å²) in [5.41, 5.74) is 0. The Labute approximate surface area is 434 Å². The van der Waals surface area contributed by atoms with Crippen molar-refractivity contribution in [1.29, 1.82) is 0 Å². The molecule has 0 saturated carbocycles. The molecule has 0 rings (SSSR count). The molecule has 0 aromatic carbocycles. The fraction of sp³-hybridized carbons (Fsp3) is 0.523. The van der Waals surface area contributed by atoms with E-state index in [1.807, 2.05) is 12.2 Å². The highest BCUT2D eigenvalue weighted by molar-refractivity contribution is 5.71. The highest BCUT2D eigenvalue weighted by Crippen LogP contribution is 2.10. The number of carbonyl (C=O) groups excluding carboxylic acids is 3. The smallest absolute Gasteiger partial charge is 0.306 e. The average molecular weight is 975 g/mol. The van der Waals surface area contributed by atoms with Crippen LogP contribution in [0.15, 0.2) is 170 Å². The Morgan fingerprint density at radius 3 is 0.944 bits per heavy atom. The molecule has 0 unspecified atom stereocenters. The third-order valence-corrected chi connectivity index (χ3v) is 10.7. The van der Waals surface area contributed by atoms with Gasteiger partial charge in [0.1, 0.15) is 13.2 Å². The van der Waals surface area contributed by atoms with Gasteiger partial charge in [0.15, 0.2) is 6.10 Å². The van der Waals surface area contributed by atoms with E-state index in [4.69, 9.17) is 14.2 Å². The standard InChI is InChI=1S/C65H98O6/c1-4-7-10-13-16-19-22-25-28-31-32-35-37-40-43-46-49-52-55-58-64(67)70-61-62(71-65(68)59-56-53-50-47-44-41-38-34-30-27-24-21-18-15-12-9-6-3)60-69-63(66)57-54-51-48-45-42-39-36-33-29-26-23-20-17-14-11-8-5-2/h7-8,10-11,16-17,19-20,25-30,32,35-36,38-41,43,45,47-50,52,62H,4-6,9,12-15,18,21-24,31,33-34,37,42,44,46,51,53-61H2,1-3H3/b10-7-,11-8-,19-16-,20-17-,28-25-,29-26-,30-27-,35-32-,39-36-,41-38-,43-40-,48-45-,50-47-,52-49-/t62-/m0/s1. The molecule has 0 radical (unpaired) electrons. The first-order chi connectivity index (χ1) is 35.0. The molecule has 0 saturated heterocycles. The van der Waals surface area contributed by atoms with Crippen LogP contribution in [0.5, 0.6) is 0 Å². The van der Waals surface area contributed by atoms with E-state index in [9.17, 15) is 14.4 Å². The second-order valence-corrected chi connectivity index (χ2v) is 17.4. The first-order valence-corrected chi connectivity index (χ1v) is 27.6. The van der Waals surface area contributed by atoms with Crippen LogP contribution in [0.3, 0.4) is 0 Å². The van der Waals surface area contributed by atoms with Gasteiger partial charge in [0.25, 0.3) is 0 Å². The SMILES string of the molecule is CC/C=C\C/C=C\C/C=C\C/C=C\C/C=C\C/C=C\CCC(=O)OC[C@H](COC(=O)CCC/C=C\C/C=C\C/C=C\C/C=C\C/C=C\CC)OC(=O)CCC/C=C\C/C=C\C/C=C\CCCCCCCC. The summed E-state index contributed by atoms with van der Waals surface area (Å²) in [6.07, 6.45) is 85.1. The molecule has 6 heteroatoms. The summed E-state index contributed by atoms with van der Waals surface area (Å²) in [7, 11) is 0. The number of esters is 3. The summed E-state index contributed by atoms with van der Waals surface area (Å²) in [5, 5.41) is 0. The van der Waals surface area contributed by atoms with Crippen molar-refractivity contribution in [3.8, 4) is 0 Å². The van der Waals surface area contributed by atoms with E-state index in [0.717, 1.165) is 103 Å². The lowest BCUT2D eigenvalue weighted by molar-refractivity contribution is -0.166. The Balaban J connectivity index is 4.70. The van der Waals surface area contributed by atoms with Gasteiger partial charge < -0.3 is 14.2 Å². The van der Waals surface area contributed by atoms with Crippen molar-refractivity contribution in [3.63, 3.8) is 0 Å². The molecule has 0 aliphatic rings. The van der Waals surface area contributed by atoms with Crippen LogP contribution < -0.4 is 0 Å². The van der Waals surface area contributed by atoms with Crippen LogP contribution in [-0.2, 0) is 28.6 Å². The van der Waals surface area contributed by atoms with Gasteiger partial charge in [-0.2, -0.15) is 0 Å². The number of ether oxygens (including phenoxy) is 3. The molecule has 0 N–H and O–H groups in total. The lowest BCUT2D eigenvalue weighted by atomic mass is 10.1. The molecule has 0 aliphatic carbocycles. The summed E-state index contributed by atoms with van der Waals surface area (Å²) in [6, 6.07) is 0. The molecule has 0 aromatic rings. The van der Waals surface area contributed by atoms with Crippen molar-refractivity contribution < 1.29 is 28.6 Å². The minimum Gasteiger partial charge on any atom is -0.462 e. The molecule has 0 aliphatic heterocycles. The van der Waals surface area contributed by atoms with Gasteiger partial charge in [-0.15, -0.1) is 0 Å². The van der Waals surface area contributed by atoms with Crippen LogP contribution in [0.4, 0.5) is 0 Å². The quantitative estimate of drug-likeness (QED) is 0.0262. The Hall–Kier alpha value is -5.23. The first-order valence-electron chi connectivity index (χ1n) is 27.6. The molecule has 0 fully saturated rings. The van der Waals surface area contributed by atoms with Crippen LogP contribution >= 0.6 is 0 Å². The maximum atomic E-state index is 12.8. The minimum absolute atomic E-state index is 0.160. The molecule has 71 heavy (non-hydrogen) atoms. The predicted octanol–water partition coefficient (Wildman–Crippen LogP) is 18.8. The third kappa shape index (κ3) is 55.6. The van der Waals surface area contributed by atoms with Crippen molar-refractivity contribution in [2.75, 3.05) is 13.2 Å². The van der Waals surface area contributed by atoms with E-state index < -0.39 is 18.0 Å². The fourth-order valence-electron chi connectivity index (χ4n) is 6.64. The monoisotopic (exact) mass is 975 g/mol. The van der Waals surface area contributed by atoms with Gasteiger partial charge in [-0.3, -0.25) is 14.4 Å². The lowest BCUT2D eigenvalue weighted by Gasteiger charge is -2.18.